The zero-order chi connectivity index (χ0) is 18.3. The van der Waals surface area contributed by atoms with Gasteiger partial charge in [-0.1, -0.05) is 11.6 Å². The Morgan fingerprint density at radius 1 is 1.32 bits per heavy atom. The molecule has 1 saturated heterocycles. The average molecular weight is 362 g/mol. The molecule has 1 fully saturated rings. The number of guanidine groups is 1. The molecule has 0 amide bonds. The smallest absolute Gasteiger partial charge is 0.377 e. The van der Waals surface area contributed by atoms with Crippen LogP contribution in [0.3, 0.4) is 0 Å². The van der Waals surface area contributed by atoms with Gasteiger partial charge in [0.15, 0.2) is 5.96 Å². The van der Waals surface area contributed by atoms with Gasteiger partial charge in [0.05, 0.1) is 13.2 Å². The Labute approximate surface area is 147 Å². The first kappa shape index (κ1) is 20.0. The molecule has 0 aromatic rings. The maximum atomic E-state index is 12.8. The first-order valence-corrected chi connectivity index (χ1v) is 9.01. The second-order valence-corrected chi connectivity index (χ2v) is 6.41. The normalized spacial score (nSPS) is 21.9. The fourth-order valence-corrected chi connectivity index (χ4v) is 3.05. The molecule has 5 nitrogen and oxygen atoms in total. The van der Waals surface area contributed by atoms with Crippen LogP contribution in [0.25, 0.3) is 0 Å². The van der Waals surface area contributed by atoms with Gasteiger partial charge in [0.1, 0.15) is 6.04 Å². The maximum absolute atomic E-state index is 12.8. The SMILES string of the molecule is CCNC(=NCCC1=CCOCC1)N1CCN(C(C)C(F)(F)F)CC1. The lowest BCUT2D eigenvalue weighted by Gasteiger charge is -2.39. The molecule has 1 atom stereocenters. The van der Waals surface area contributed by atoms with E-state index in [9.17, 15) is 13.2 Å². The number of piperazine rings is 1. The number of ether oxygens (including phenoxy) is 1. The number of nitrogens with zero attached hydrogens (tertiary/aromatic N) is 3. The van der Waals surface area contributed by atoms with E-state index in [1.54, 1.807) is 0 Å². The number of aliphatic imine (C=N–C) groups is 1. The van der Waals surface area contributed by atoms with Crippen molar-refractivity contribution in [3.63, 3.8) is 0 Å². The van der Waals surface area contributed by atoms with Gasteiger partial charge in [-0.3, -0.25) is 9.89 Å². The zero-order valence-corrected chi connectivity index (χ0v) is 15.1. The summed E-state index contributed by atoms with van der Waals surface area (Å²) < 4.78 is 43.8. The van der Waals surface area contributed by atoms with Crippen LogP contribution >= 0.6 is 0 Å². The summed E-state index contributed by atoms with van der Waals surface area (Å²) in [5, 5.41) is 3.26. The minimum absolute atomic E-state index is 0.396. The van der Waals surface area contributed by atoms with E-state index < -0.39 is 12.2 Å². The van der Waals surface area contributed by atoms with Crippen LogP contribution in [0, 0.1) is 0 Å². The van der Waals surface area contributed by atoms with E-state index >= 15 is 0 Å². The monoisotopic (exact) mass is 362 g/mol. The van der Waals surface area contributed by atoms with Crippen LogP contribution in [0.15, 0.2) is 16.6 Å². The highest BCUT2D eigenvalue weighted by atomic mass is 19.4. The van der Waals surface area contributed by atoms with Gasteiger partial charge < -0.3 is 15.0 Å². The summed E-state index contributed by atoms with van der Waals surface area (Å²) in [6, 6.07) is -1.39. The lowest BCUT2D eigenvalue weighted by molar-refractivity contribution is -0.181. The molecule has 8 heteroatoms. The third-order valence-corrected chi connectivity index (χ3v) is 4.72. The Hall–Kier alpha value is -1.28. The van der Waals surface area contributed by atoms with Gasteiger partial charge in [0.2, 0.25) is 0 Å². The van der Waals surface area contributed by atoms with Crippen molar-refractivity contribution in [3.8, 4) is 0 Å². The molecule has 144 valence electrons. The largest absolute Gasteiger partial charge is 0.403 e. The number of halogens is 3. The lowest BCUT2D eigenvalue weighted by atomic mass is 10.1. The molecule has 0 spiro atoms. The first-order valence-electron chi connectivity index (χ1n) is 9.01. The summed E-state index contributed by atoms with van der Waals surface area (Å²) in [5.41, 5.74) is 1.37. The van der Waals surface area contributed by atoms with Crippen LogP contribution in [0.5, 0.6) is 0 Å². The summed E-state index contributed by atoms with van der Waals surface area (Å²) in [6.45, 7) is 8.02. The molecule has 2 heterocycles. The van der Waals surface area contributed by atoms with Crippen LogP contribution in [-0.2, 0) is 4.74 Å². The molecular weight excluding hydrogens is 333 g/mol. The molecule has 2 aliphatic heterocycles. The van der Waals surface area contributed by atoms with Gasteiger partial charge in [-0.05, 0) is 26.7 Å². The van der Waals surface area contributed by atoms with Crippen LogP contribution in [0.2, 0.25) is 0 Å². The van der Waals surface area contributed by atoms with Crippen molar-refractivity contribution in [2.24, 2.45) is 4.99 Å². The van der Waals surface area contributed by atoms with E-state index in [1.165, 1.54) is 17.4 Å². The Balaban J connectivity index is 1.86. The molecule has 0 aliphatic carbocycles. The van der Waals surface area contributed by atoms with E-state index in [1.807, 2.05) is 6.92 Å². The molecule has 2 aliphatic rings. The quantitative estimate of drug-likeness (QED) is 0.463. The molecule has 1 unspecified atom stereocenters. The highest BCUT2D eigenvalue weighted by molar-refractivity contribution is 5.80. The van der Waals surface area contributed by atoms with Gasteiger partial charge in [0.25, 0.3) is 0 Å². The summed E-state index contributed by atoms with van der Waals surface area (Å²) in [7, 11) is 0. The predicted octanol–water partition coefficient (Wildman–Crippen LogP) is 2.26. The maximum Gasteiger partial charge on any atom is 0.403 e. The van der Waals surface area contributed by atoms with Crippen LogP contribution in [0.4, 0.5) is 13.2 Å². The van der Waals surface area contributed by atoms with Gasteiger partial charge in [0, 0.05) is 39.3 Å². The molecule has 0 bridgehead atoms. The number of hydrogen-bond acceptors (Lipinski definition) is 3. The molecule has 0 aromatic heterocycles. The van der Waals surface area contributed by atoms with Crippen molar-refractivity contribution < 1.29 is 17.9 Å². The second kappa shape index (κ2) is 9.43. The number of alkyl halides is 3. The Morgan fingerprint density at radius 3 is 2.60 bits per heavy atom. The Kier molecular flexibility index (Phi) is 7.56. The molecular formula is C17H29F3N4O. The average Bonchev–Trinajstić information content (AvgIpc) is 2.61. The minimum atomic E-state index is -4.17. The summed E-state index contributed by atoms with van der Waals surface area (Å²) in [6.07, 6.45) is -0.190. The van der Waals surface area contributed by atoms with Crippen LogP contribution in [0.1, 0.15) is 26.7 Å². The van der Waals surface area contributed by atoms with Crippen LogP contribution in [-0.4, -0.2) is 80.5 Å². The lowest BCUT2D eigenvalue weighted by Crippen LogP contribution is -2.56. The van der Waals surface area contributed by atoms with Crippen molar-refractivity contribution in [1.29, 1.82) is 0 Å². The molecule has 0 aromatic carbocycles. The van der Waals surface area contributed by atoms with E-state index in [0.29, 0.717) is 39.3 Å². The third kappa shape index (κ3) is 6.18. The third-order valence-electron chi connectivity index (χ3n) is 4.72. The van der Waals surface area contributed by atoms with E-state index in [2.05, 4.69) is 21.3 Å². The van der Waals surface area contributed by atoms with Gasteiger partial charge in [-0.25, -0.2) is 0 Å². The number of rotatable bonds is 5. The van der Waals surface area contributed by atoms with Crippen molar-refractivity contribution in [3.05, 3.63) is 11.6 Å². The van der Waals surface area contributed by atoms with Gasteiger partial charge >= 0.3 is 6.18 Å². The van der Waals surface area contributed by atoms with Crippen molar-refractivity contribution in [2.75, 3.05) is 52.5 Å². The van der Waals surface area contributed by atoms with E-state index in [-0.39, 0.29) is 0 Å². The van der Waals surface area contributed by atoms with Crippen LogP contribution < -0.4 is 5.32 Å². The van der Waals surface area contributed by atoms with Crippen molar-refractivity contribution in [2.45, 2.75) is 38.9 Å². The zero-order valence-electron chi connectivity index (χ0n) is 15.1. The highest BCUT2D eigenvalue weighted by Gasteiger charge is 2.41. The van der Waals surface area contributed by atoms with Crippen molar-refractivity contribution in [1.82, 2.24) is 15.1 Å². The molecule has 0 saturated carbocycles. The standard InChI is InChI=1S/C17H29F3N4O/c1-3-21-16(22-7-4-15-5-12-25-13-6-15)24-10-8-23(9-11-24)14(2)17(18,19)20/h5,14H,3-4,6-13H2,1-2H3,(H,21,22). The Morgan fingerprint density at radius 2 is 2.04 bits per heavy atom. The fraction of sp³-hybridized carbons (Fsp3) is 0.824. The predicted molar refractivity (Wildman–Crippen MR) is 92.8 cm³/mol. The summed E-state index contributed by atoms with van der Waals surface area (Å²) in [4.78, 5) is 8.21. The van der Waals surface area contributed by atoms with Gasteiger partial charge in [-0.2, -0.15) is 13.2 Å². The summed E-state index contributed by atoms with van der Waals surface area (Å²) >= 11 is 0. The van der Waals surface area contributed by atoms with E-state index in [0.717, 1.165) is 32.0 Å². The minimum Gasteiger partial charge on any atom is -0.377 e. The molecule has 2 rings (SSSR count). The number of hydrogen-bond donors (Lipinski definition) is 1. The first-order chi connectivity index (χ1) is 11.9. The van der Waals surface area contributed by atoms with Crippen molar-refractivity contribution >= 4 is 5.96 Å². The highest BCUT2D eigenvalue weighted by Crippen LogP contribution is 2.25. The second-order valence-electron chi connectivity index (χ2n) is 6.41. The van der Waals surface area contributed by atoms with Gasteiger partial charge in [-0.15, -0.1) is 0 Å². The molecule has 0 radical (unpaired) electrons. The fourth-order valence-electron chi connectivity index (χ4n) is 3.05. The summed E-state index contributed by atoms with van der Waals surface area (Å²) in [5.74, 6) is 0.800. The topological polar surface area (TPSA) is 40.1 Å². The number of nitrogens with one attached hydrogen (secondary N) is 1. The molecule has 1 N–H and O–H groups in total. The Bertz CT molecular complexity index is 471. The van der Waals surface area contributed by atoms with E-state index in [4.69, 9.17) is 4.74 Å². The molecule has 25 heavy (non-hydrogen) atoms.